The van der Waals surface area contributed by atoms with E-state index in [0.29, 0.717) is 5.56 Å². The van der Waals surface area contributed by atoms with Crippen molar-refractivity contribution in [2.75, 3.05) is 6.54 Å². The normalized spacial score (nSPS) is 13.4. The van der Waals surface area contributed by atoms with Crippen LogP contribution < -0.4 is 0 Å². The van der Waals surface area contributed by atoms with Crippen molar-refractivity contribution < 1.29 is 17.4 Å². The Hall–Kier alpha value is -2.27. The number of hydrogen-bond acceptors (Lipinski definition) is 2. The molecule has 0 radical (unpaired) electrons. The summed E-state index contributed by atoms with van der Waals surface area (Å²) in [7, 11) is -3.71. The molecule has 2 aromatic carbocycles. The predicted octanol–water partition coefficient (Wildman–Crippen LogP) is 5.85. The largest absolute Gasteiger partial charge is 0.223 e. The van der Waals surface area contributed by atoms with E-state index in [0.717, 1.165) is 43.4 Å². The third-order valence-electron chi connectivity index (χ3n) is 5.03. The van der Waals surface area contributed by atoms with Crippen LogP contribution in [0.1, 0.15) is 56.7 Å². The van der Waals surface area contributed by atoms with Crippen LogP contribution in [0.3, 0.4) is 0 Å². The van der Waals surface area contributed by atoms with Crippen LogP contribution in [0.4, 0.5) is 4.39 Å². The fourth-order valence-corrected chi connectivity index (χ4v) is 5.05. The highest BCUT2D eigenvalue weighted by Gasteiger charge is 2.20. The van der Waals surface area contributed by atoms with Gasteiger partial charge < -0.3 is 0 Å². The molecule has 5 heteroatoms. The Kier molecular flexibility index (Phi) is 8.97. The topological polar surface area (TPSA) is 37.1 Å². The molecule has 0 spiro atoms. The highest BCUT2D eigenvalue weighted by molar-refractivity contribution is 7.90. The summed E-state index contributed by atoms with van der Waals surface area (Å²) in [5, 5.41) is 0. The van der Waals surface area contributed by atoms with Gasteiger partial charge in [-0.05, 0) is 49.1 Å². The number of halogens is 1. The number of benzene rings is 2. The van der Waals surface area contributed by atoms with Crippen molar-refractivity contribution in [2.45, 2.75) is 64.0 Å². The summed E-state index contributed by atoms with van der Waals surface area (Å²) in [5.41, 5.74) is 4.26. The van der Waals surface area contributed by atoms with Crippen LogP contribution in [-0.2, 0) is 22.0 Å². The van der Waals surface area contributed by atoms with Gasteiger partial charge >= 0.3 is 0 Å². The third kappa shape index (κ3) is 6.63. The molecular formula is C25H33FNO2S+. The minimum atomic E-state index is -3.71. The number of unbranched alkanes of at least 4 members (excludes halogenated alkanes) is 1. The average Bonchev–Trinajstić information content (AvgIpc) is 3.11. The van der Waals surface area contributed by atoms with Crippen molar-refractivity contribution in [3.8, 4) is 0 Å². The van der Waals surface area contributed by atoms with E-state index in [-0.39, 0.29) is 10.6 Å². The highest BCUT2D eigenvalue weighted by atomic mass is 32.2. The summed E-state index contributed by atoms with van der Waals surface area (Å²) >= 11 is 0. The molecule has 0 bridgehead atoms. The smallest absolute Gasteiger partial charge is 0.185 e. The molecule has 0 atom stereocenters. The molecule has 0 amide bonds. The third-order valence-corrected chi connectivity index (χ3v) is 6.74. The lowest BCUT2D eigenvalue weighted by Crippen LogP contribution is -2.10. The van der Waals surface area contributed by atoms with Gasteiger partial charge in [0.05, 0.1) is 12.2 Å². The van der Waals surface area contributed by atoms with Crippen LogP contribution >= 0.6 is 0 Å². The number of aryl methyl sites for hydroxylation is 2. The Balaban J connectivity index is 0.00000155. The molecule has 2 aromatic rings. The zero-order valence-corrected chi connectivity index (χ0v) is 19.3. The Morgan fingerprint density at radius 3 is 2.37 bits per heavy atom. The first kappa shape index (κ1) is 24.0. The van der Waals surface area contributed by atoms with Crippen LogP contribution in [0, 0.1) is 12.7 Å². The van der Waals surface area contributed by atoms with Crippen molar-refractivity contribution in [3.63, 3.8) is 0 Å². The van der Waals surface area contributed by atoms with E-state index in [9.17, 15) is 12.8 Å². The minimum absolute atomic E-state index is 0.185. The maximum atomic E-state index is 13.9. The van der Waals surface area contributed by atoms with Crippen LogP contribution in [-0.4, -0.2) is 25.2 Å². The molecule has 1 heterocycles. The van der Waals surface area contributed by atoms with Crippen LogP contribution in [0.15, 0.2) is 59.6 Å². The lowest BCUT2D eigenvalue weighted by Gasteiger charge is -2.09. The molecule has 3 nitrogen and oxygen atoms in total. The first-order valence-electron chi connectivity index (χ1n) is 10.7. The molecule has 0 aromatic heterocycles. The molecule has 30 heavy (non-hydrogen) atoms. The first-order chi connectivity index (χ1) is 14.3. The molecule has 162 valence electrons. The van der Waals surface area contributed by atoms with E-state index < -0.39 is 15.7 Å². The molecule has 0 N–H and O–H groups in total. The molecule has 0 saturated carbocycles. The fraction of sp³-hybridized carbons (Fsp3) is 0.400. The summed E-state index contributed by atoms with van der Waals surface area (Å²) in [6.45, 7) is 9.14. The second kappa shape index (κ2) is 11.2. The van der Waals surface area contributed by atoms with Gasteiger partial charge in [0.2, 0.25) is 0 Å². The molecular weight excluding hydrogens is 397 g/mol. The summed E-state index contributed by atoms with van der Waals surface area (Å²) < 4.78 is 41.5. The van der Waals surface area contributed by atoms with Crippen molar-refractivity contribution in [1.82, 2.24) is 0 Å². The number of allylic oxidation sites excluding steroid dienone is 1. The molecule has 1 aliphatic heterocycles. The van der Waals surface area contributed by atoms with Crippen molar-refractivity contribution in [3.05, 3.63) is 77.2 Å². The molecule has 3 rings (SSSR count). The Labute approximate surface area is 180 Å². The van der Waals surface area contributed by atoms with Gasteiger partial charge in [-0.15, -0.1) is 0 Å². The number of hydrogen-bond donors (Lipinski definition) is 0. The lowest BCUT2D eigenvalue weighted by atomic mass is 10.0. The van der Waals surface area contributed by atoms with Gasteiger partial charge in [-0.25, -0.2) is 17.4 Å². The van der Waals surface area contributed by atoms with E-state index in [1.54, 1.807) is 6.07 Å². The van der Waals surface area contributed by atoms with Crippen LogP contribution in [0.5, 0.6) is 0 Å². The van der Waals surface area contributed by atoms with Gasteiger partial charge in [-0.3, -0.25) is 0 Å². The lowest BCUT2D eigenvalue weighted by molar-refractivity contribution is -0.455. The summed E-state index contributed by atoms with van der Waals surface area (Å²) in [6, 6.07) is 11.5. The van der Waals surface area contributed by atoms with Gasteiger partial charge in [-0.1, -0.05) is 49.7 Å². The molecule has 0 fully saturated rings. The predicted molar refractivity (Wildman–Crippen MR) is 122 cm³/mol. The monoisotopic (exact) mass is 430 g/mol. The first-order valence-corrected chi connectivity index (χ1v) is 12.3. The van der Waals surface area contributed by atoms with E-state index in [1.807, 2.05) is 32.9 Å². The van der Waals surface area contributed by atoms with Gasteiger partial charge in [0.25, 0.3) is 0 Å². The Morgan fingerprint density at radius 2 is 1.70 bits per heavy atom. The summed E-state index contributed by atoms with van der Waals surface area (Å²) in [4.78, 5) is -0.233. The Morgan fingerprint density at radius 1 is 1.00 bits per heavy atom. The quantitative estimate of drug-likeness (QED) is 0.389. The molecule has 0 unspecified atom stereocenters. The summed E-state index contributed by atoms with van der Waals surface area (Å²) in [6.07, 6.45) is 8.40. The minimum Gasteiger partial charge on any atom is -0.223 e. The Bertz CT molecular complexity index is 1020. The second-order valence-corrected chi connectivity index (χ2v) is 9.45. The highest BCUT2D eigenvalue weighted by Crippen LogP contribution is 2.21. The maximum absolute atomic E-state index is 13.9. The van der Waals surface area contributed by atoms with Gasteiger partial charge in [0.15, 0.2) is 21.7 Å². The average molecular weight is 431 g/mol. The molecule has 1 aliphatic rings. The van der Waals surface area contributed by atoms with Crippen LogP contribution in [0.2, 0.25) is 0 Å². The SMILES string of the molecule is CC.CC1=[N+](CCCCc2cc(C)cc(CS(=O)(=O)c3ccccc3F)c2)C=CC1. The van der Waals surface area contributed by atoms with Crippen molar-refractivity contribution in [2.24, 2.45) is 0 Å². The number of rotatable bonds is 8. The van der Waals surface area contributed by atoms with E-state index in [2.05, 4.69) is 29.8 Å². The van der Waals surface area contributed by atoms with Gasteiger partial charge in [0.1, 0.15) is 17.3 Å². The molecule has 0 saturated heterocycles. The van der Waals surface area contributed by atoms with E-state index in [1.165, 1.54) is 23.9 Å². The fourth-order valence-electron chi connectivity index (χ4n) is 3.64. The maximum Gasteiger partial charge on any atom is 0.185 e. The summed E-state index contributed by atoms with van der Waals surface area (Å²) in [5.74, 6) is -0.881. The number of sulfone groups is 1. The second-order valence-electron chi connectivity index (χ2n) is 7.49. The zero-order chi connectivity index (χ0) is 22.1. The van der Waals surface area contributed by atoms with Gasteiger partial charge in [0, 0.05) is 13.3 Å². The number of nitrogens with zero attached hydrogens (tertiary/aromatic N) is 1. The standard InChI is InChI=1S/C23H27FNO2S.C2H6/c1-18-14-20(9-5-6-12-25-13-7-8-19(25)2)16-21(15-18)17-28(26,27)23-11-4-3-10-22(23)24;1-2/h3-4,7,10-11,13-16H,5-6,8-9,12,17H2,1-2H3;1-2H3/q+1;. The van der Waals surface area contributed by atoms with E-state index >= 15 is 0 Å². The van der Waals surface area contributed by atoms with Crippen molar-refractivity contribution >= 4 is 15.5 Å². The zero-order valence-electron chi connectivity index (χ0n) is 18.5. The van der Waals surface area contributed by atoms with Gasteiger partial charge in [-0.2, -0.15) is 0 Å². The molecule has 0 aliphatic carbocycles. The van der Waals surface area contributed by atoms with E-state index in [4.69, 9.17) is 0 Å². The van der Waals surface area contributed by atoms with Crippen LogP contribution in [0.25, 0.3) is 0 Å². The van der Waals surface area contributed by atoms with Crippen molar-refractivity contribution in [1.29, 1.82) is 0 Å².